The number of carbonyl (C=O) groups excluding carboxylic acids is 5. The second-order valence-corrected chi connectivity index (χ2v) is 29.8. The summed E-state index contributed by atoms with van der Waals surface area (Å²) in [6, 6.07) is 7.16. The Kier molecular flexibility index (Phi) is 23.2. The smallest absolute Gasteiger partial charge is 0.326 e. The number of nitrogens with one attached hydrogen (secondary N) is 1. The van der Waals surface area contributed by atoms with Crippen molar-refractivity contribution in [2.45, 2.75) is 175 Å². The standard InChI is InChI=1S/C49H86N4O10Si2/c1-17-34(6)45(52(9)48(58)37(32(2)3)30-40(54)44(33(4)5)51(8)42(55)26-22-28-65(15,16)63-64(12,13)14)41(61-10)31-43(56)53-27-21-25-39(53)46(62-11)35(7)47(57)50-38(49(59)60)29-36-23-19-18-20-24-36/h18-20,23-24,32-35,37-39,41,44-46H,17,21-22,25-31H2,1-16H3,(H,50,57)(H,59,60)/t34-,35+,37-,38-,39-,41+,44-,45-,46+/m1/s1. The van der Waals surface area contributed by atoms with Crippen LogP contribution in [0, 0.1) is 29.6 Å². The Hall–Kier alpha value is -3.45. The lowest BCUT2D eigenvalue weighted by Crippen LogP contribution is -2.55. The van der Waals surface area contributed by atoms with E-state index in [-0.39, 0.29) is 60.5 Å². The zero-order valence-electron chi connectivity index (χ0n) is 42.8. The molecule has 16 heteroatoms. The van der Waals surface area contributed by atoms with Crippen molar-refractivity contribution >= 4 is 52.0 Å². The highest BCUT2D eigenvalue weighted by molar-refractivity contribution is 6.84. The second-order valence-electron chi connectivity index (χ2n) is 20.7. The summed E-state index contributed by atoms with van der Waals surface area (Å²) in [5.41, 5.74) is 0.777. The summed E-state index contributed by atoms with van der Waals surface area (Å²) in [6.45, 7) is 24.8. The molecule has 0 aromatic heterocycles. The minimum Gasteiger partial charge on any atom is -0.480 e. The van der Waals surface area contributed by atoms with Gasteiger partial charge in [0.25, 0.3) is 0 Å². The maximum atomic E-state index is 14.7. The van der Waals surface area contributed by atoms with Crippen LogP contribution in [-0.2, 0) is 48.8 Å². The van der Waals surface area contributed by atoms with Crippen molar-refractivity contribution in [1.29, 1.82) is 0 Å². The number of ketones is 1. The number of likely N-dealkylation sites (tertiary alicyclic amines) is 1. The molecule has 1 aliphatic heterocycles. The number of amides is 4. The van der Waals surface area contributed by atoms with E-state index in [2.05, 4.69) is 38.1 Å². The van der Waals surface area contributed by atoms with Crippen molar-refractivity contribution in [3.05, 3.63) is 35.9 Å². The van der Waals surface area contributed by atoms with E-state index in [0.29, 0.717) is 38.6 Å². The van der Waals surface area contributed by atoms with Gasteiger partial charge in [0.2, 0.25) is 23.6 Å². The normalized spacial score (nSPS) is 18.3. The van der Waals surface area contributed by atoms with Crippen LogP contribution in [0.15, 0.2) is 30.3 Å². The van der Waals surface area contributed by atoms with Gasteiger partial charge >= 0.3 is 5.97 Å². The molecule has 1 aromatic carbocycles. The number of nitrogens with zero attached hydrogens (tertiary/aromatic N) is 3. The highest BCUT2D eigenvalue weighted by atomic mass is 28.4. The average Bonchev–Trinajstić information content (AvgIpc) is 3.70. The second kappa shape index (κ2) is 26.2. The molecule has 9 atom stereocenters. The molecule has 1 heterocycles. The van der Waals surface area contributed by atoms with Gasteiger partial charge in [-0.2, -0.15) is 0 Å². The molecule has 1 fully saturated rings. The molecule has 0 unspecified atom stereocenters. The zero-order chi connectivity index (χ0) is 49.6. The van der Waals surface area contributed by atoms with E-state index in [1.165, 1.54) is 14.2 Å². The minimum atomic E-state index is -1.93. The number of rotatable bonds is 28. The van der Waals surface area contributed by atoms with Crippen molar-refractivity contribution in [3.8, 4) is 0 Å². The molecule has 65 heavy (non-hydrogen) atoms. The molecule has 1 aliphatic rings. The molecule has 14 nitrogen and oxygen atoms in total. The van der Waals surface area contributed by atoms with Crippen LogP contribution in [-0.4, -0.2) is 143 Å². The number of carbonyl (C=O) groups is 6. The number of methoxy groups -OCH3 is 2. The molecular weight excluding hydrogens is 861 g/mol. The molecule has 4 amide bonds. The molecule has 0 radical (unpaired) electrons. The maximum absolute atomic E-state index is 14.7. The summed E-state index contributed by atoms with van der Waals surface area (Å²) >= 11 is 0. The van der Waals surface area contributed by atoms with E-state index < -0.39 is 76.7 Å². The van der Waals surface area contributed by atoms with E-state index in [0.717, 1.165) is 11.6 Å². The number of aliphatic carboxylic acids is 1. The third-order valence-corrected chi connectivity index (χ3v) is 19.4. The number of carboxylic acid groups (broad SMARTS) is 1. The van der Waals surface area contributed by atoms with Gasteiger partial charge in [-0.25, -0.2) is 4.79 Å². The molecule has 370 valence electrons. The van der Waals surface area contributed by atoms with Gasteiger partial charge in [0.1, 0.15) is 6.04 Å². The molecule has 0 aliphatic carbocycles. The van der Waals surface area contributed by atoms with Crippen LogP contribution in [0.1, 0.15) is 99.0 Å². The number of ether oxygens (including phenoxy) is 2. The lowest BCUT2D eigenvalue weighted by Gasteiger charge is -2.41. The van der Waals surface area contributed by atoms with E-state index in [1.54, 1.807) is 35.7 Å². The first-order valence-corrected chi connectivity index (χ1v) is 30.4. The van der Waals surface area contributed by atoms with Gasteiger partial charge < -0.3 is 38.7 Å². The van der Waals surface area contributed by atoms with E-state index >= 15 is 0 Å². The van der Waals surface area contributed by atoms with Gasteiger partial charge in [-0.05, 0) is 81.4 Å². The summed E-state index contributed by atoms with van der Waals surface area (Å²) in [7, 11) is 2.81. The third-order valence-electron chi connectivity index (χ3n) is 13.2. The topological polar surface area (TPSA) is 172 Å². The lowest BCUT2D eigenvalue weighted by molar-refractivity contribution is -0.150. The summed E-state index contributed by atoms with van der Waals surface area (Å²) < 4.78 is 18.5. The molecule has 0 saturated carbocycles. The fraction of sp³-hybridized carbons (Fsp3) is 0.755. The first kappa shape index (κ1) is 57.7. The van der Waals surface area contributed by atoms with Crippen LogP contribution in [0.5, 0.6) is 0 Å². The van der Waals surface area contributed by atoms with Crippen molar-refractivity contribution in [1.82, 2.24) is 20.0 Å². The van der Waals surface area contributed by atoms with Gasteiger partial charge in [-0.15, -0.1) is 0 Å². The molecule has 2 N–H and O–H groups in total. The highest BCUT2D eigenvalue weighted by Gasteiger charge is 2.44. The Morgan fingerprint density at radius 2 is 1.49 bits per heavy atom. The Morgan fingerprint density at radius 3 is 2.00 bits per heavy atom. The molecular formula is C49H86N4O10Si2. The van der Waals surface area contributed by atoms with Crippen LogP contribution in [0.25, 0.3) is 0 Å². The quantitative estimate of drug-likeness (QED) is 0.0815. The van der Waals surface area contributed by atoms with Crippen molar-refractivity contribution in [2.75, 3.05) is 34.9 Å². The monoisotopic (exact) mass is 947 g/mol. The Morgan fingerprint density at radius 1 is 0.877 bits per heavy atom. The Balaban J connectivity index is 2.26. The lowest BCUT2D eigenvalue weighted by atomic mass is 9.83. The number of carboxylic acids is 1. The first-order valence-electron chi connectivity index (χ1n) is 23.9. The van der Waals surface area contributed by atoms with Crippen molar-refractivity contribution in [2.24, 2.45) is 29.6 Å². The fourth-order valence-corrected chi connectivity index (χ4v) is 17.8. The van der Waals surface area contributed by atoms with Crippen molar-refractivity contribution < 1.29 is 47.5 Å². The summed E-state index contributed by atoms with van der Waals surface area (Å²) in [5, 5.41) is 12.6. The Labute approximate surface area is 393 Å². The predicted octanol–water partition coefficient (Wildman–Crippen LogP) is 7.27. The van der Waals surface area contributed by atoms with Gasteiger partial charge in [-0.3, -0.25) is 24.0 Å². The van der Waals surface area contributed by atoms with Crippen LogP contribution >= 0.6 is 0 Å². The number of hydrogen-bond donors (Lipinski definition) is 2. The van der Waals surface area contributed by atoms with Crippen LogP contribution in [0.2, 0.25) is 38.8 Å². The van der Waals surface area contributed by atoms with Crippen LogP contribution < -0.4 is 5.32 Å². The maximum Gasteiger partial charge on any atom is 0.326 e. The number of likely N-dealkylation sites (N-methyl/N-ethyl adjacent to an activating group) is 2. The summed E-state index contributed by atoms with van der Waals surface area (Å²) in [6.07, 6.45) is 1.64. The molecule has 0 bridgehead atoms. The predicted molar refractivity (Wildman–Crippen MR) is 261 cm³/mol. The van der Waals surface area contributed by atoms with E-state index in [1.807, 2.05) is 71.9 Å². The summed E-state index contributed by atoms with van der Waals surface area (Å²) in [4.78, 5) is 87.6. The Bertz CT molecular complexity index is 1710. The molecule has 1 aromatic rings. The third kappa shape index (κ3) is 17.3. The molecule has 2 rings (SSSR count). The van der Waals surface area contributed by atoms with Gasteiger partial charge in [0.15, 0.2) is 22.4 Å². The van der Waals surface area contributed by atoms with Gasteiger partial charge in [-0.1, -0.05) is 85.2 Å². The van der Waals surface area contributed by atoms with Crippen LogP contribution in [0.4, 0.5) is 0 Å². The number of benzene rings is 1. The number of hydrogen-bond acceptors (Lipinski definition) is 9. The van der Waals surface area contributed by atoms with Crippen LogP contribution in [0.3, 0.4) is 0 Å². The van der Waals surface area contributed by atoms with Crippen molar-refractivity contribution in [3.63, 3.8) is 0 Å². The molecule has 0 spiro atoms. The van der Waals surface area contributed by atoms with Gasteiger partial charge in [0.05, 0.1) is 42.7 Å². The average molecular weight is 947 g/mol. The van der Waals surface area contributed by atoms with E-state index in [4.69, 9.17) is 13.6 Å². The minimum absolute atomic E-state index is 0.0335. The largest absolute Gasteiger partial charge is 0.480 e. The first-order chi connectivity index (χ1) is 30.2. The van der Waals surface area contributed by atoms with Gasteiger partial charge in [0, 0.05) is 60.0 Å². The van der Waals surface area contributed by atoms with E-state index in [9.17, 15) is 33.9 Å². The SMILES string of the molecule is CC[C@@H](C)[C@H]([C@H](CC(=O)N1CCC[C@@H]1[C@@H](OC)[C@H](C)C(=O)N[C@H](Cc1ccccc1)C(=O)O)OC)N(C)C(=O)[C@H](CC(=O)[C@@H](C(C)C)N(C)C(=O)CCC[Si](C)(C)O[Si](C)(C)C)C(C)C. The molecule has 1 saturated heterocycles. The highest BCUT2D eigenvalue weighted by Crippen LogP contribution is 2.31. The number of Topliss-reactive ketones (excluding diaryl/α,β-unsaturated/α-hetero) is 1. The fourth-order valence-electron chi connectivity index (χ4n) is 9.78. The zero-order valence-corrected chi connectivity index (χ0v) is 44.8. The summed E-state index contributed by atoms with van der Waals surface area (Å²) in [5.74, 6) is -4.18.